The van der Waals surface area contributed by atoms with Crippen LogP contribution >= 0.6 is 0 Å². The maximum absolute atomic E-state index is 14.2. The zero-order valence-corrected chi connectivity index (χ0v) is 13.5. The second-order valence-corrected chi connectivity index (χ2v) is 5.79. The number of rotatable bonds is 4. The molecule has 0 spiro atoms. The fraction of sp³-hybridized carbons (Fsp3) is 0.333. The lowest BCUT2D eigenvalue weighted by Crippen LogP contribution is -2.30. The largest absolute Gasteiger partial charge is 0.491 e. The SMILES string of the molecule is CCOc1ccc(-n2cc(C(N)=O)c(=O)c3c2CCCC3)cc1F. The van der Waals surface area contributed by atoms with Crippen molar-refractivity contribution in [1.82, 2.24) is 4.57 Å². The lowest BCUT2D eigenvalue weighted by atomic mass is 9.93. The molecule has 1 amide bonds. The predicted molar refractivity (Wildman–Crippen MR) is 88.3 cm³/mol. The normalized spacial score (nSPS) is 13.4. The monoisotopic (exact) mass is 330 g/mol. The zero-order valence-electron chi connectivity index (χ0n) is 13.5. The lowest BCUT2D eigenvalue weighted by molar-refractivity contribution is 0.0998. The van der Waals surface area contributed by atoms with Gasteiger partial charge < -0.3 is 15.0 Å². The maximum Gasteiger partial charge on any atom is 0.254 e. The maximum atomic E-state index is 14.2. The standard InChI is InChI=1S/C18H19FN2O3/c1-2-24-16-8-7-11(9-14(16)19)21-10-13(18(20)23)17(22)12-5-3-4-6-15(12)21/h7-10H,2-6H2,1H3,(H2,20,23). The van der Waals surface area contributed by atoms with Gasteiger partial charge in [-0.15, -0.1) is 0 Å². The number of pyridine rings is 1. The van der Waals surface area contributed by atoms with Gasteiger partial charge in [0.25, 0.3) is 5.91 Å². The predicted octanol–water partition coefficient (Wildman–Crippen LogP) is 2.35. The highest BCUT2D eigenvalue weighted by Gasteiger charge is 2.22. The molecule has 0 fully saturated rings. The Morgan fingerprint density at radius 1 is 1.33 bits per heavy atom. The molecule has 1 aliphatic carbocycles. The molecule has 1 aromatic heterocycles. The molecule has 126 valence electrons. The number of ether oxygens (including phenoxy) is 1. The Balaban J connectivity index is 2.20. The molecular weight excluding hydrogens is 311 g/mol. The van der Waals surface area contributed by atoms with E-state index in [-0.39, 0.29) is 16.7 Å². The third-order valence-corrected chi connectivity index (χ3v) is 4.27. The van der Waals surface area contributed by atoms with Crippen LogP contribution in [0, 0.1) is 5.82 Å². The van der Waals surface area contributed by atoms with Crippen molar-refractivity contribution in [3.63, 3.8) is 0 Å². The fourth-order valence-electron chi connectivity index (χ4n) is 3.15. The summed E-state index contributed by atoms with van der Waals surface area (Å²) < 4.78 is 21.1. The van der Waals surface area contributed by atoms with Crippen LogP contribution in [-0.2, 0) is 12.8 Å². The lowest BCUT2D eigenvalue weighted by Gasteiger charge is -2.22. The average molecular weight is 330 g/mol. The van der Waals surface area contributed by atoms with E-state index in [1.54, 1.807) is 23.6 Å². The Hall–Kier alpha value is -2.63. The van der Waals surface area contributed by atoms with Crippen LogP contribution in [0.25, 0.3) is 5.69 Å². The molecule has 5 nitrogen and oxygen atoms in total. The number of halogens is 1. The van der Waals surface area contributed by atoms with E-state index in [4.69, 9.17) is 10.5 Å². The Labute approximate surface area is 138 Å². The van der Waals surface area contributed by atoms with Crippen molar-refractivity contribution in [1.29, 1.82) is 0 Å². The van der Waals surface area contributed by atoms with E-state index in [9.17, 15) is 14.0 Å². The van der Waals surface area contributed by atoms with E-state index in [2.05, 4.69) is 0 Å². The number of amides is 1. The minimum absolute atomic E-state index is 0.0649. The van der Waals surface area contributed by atoms with Gasteiger partial charge in [-0.3, -0.25) is 9.59 Å². The molecule has 0 unspecified atom stereocenters. The van der Waals surface area contributed by atoms with Crippen LogP contribution in [0.5, 0.6) is 5.75 Å². The molecule has 0 atom stereocenters. The Morgan fingerprint density at radius 2 is 2.08 bits per heavy atom. The highest BCUT2D eigenvalue weighted by atomic mass is 19.1. The number of hydrogen-bond acceptors (Lipinski definition) is 3. The van der Waals surface area contributed by atoms with Gasteiger partial charge in [0.1, 0.15) is 5.56 Å². The van der Waals surface area contributed by atoms with Gasteiger partial charge in [-0.2, -0.15) is 0 Å². The number of nitrogens with two attached hydrogens (primary N) is 1. The number of primary amides is 1. The number of carbonyl (C=O) groups is 1. The Bertz CT molecular complexity index is 858. The summed E-state index contributed by atoms with van der Waals surface area (Å²) in [5.41, 5.74) is 6.93. The summed E-state index contributed by atoms with van der Waals surface area (Å²) in [4.78, 5) is 24.0. The van der Waals surface area contributed by atoms with Crippen molar-refractivity contribution < 1.29 is 13.9 Å². The smallest absolute Gasteiger partial charge is 0.254 e. The number of hydrogen-bond donors (Lipinski definition) is 1. The van der Waals surface area contributed by atoms with Gasteiger partial charge in [-0.1, -0.05) is 0 Å². The first kappa shape index (κ1) is 16.2. The van der Waals surface area contributed by atoms with Crippen LogP contribution in [0.15, 0.2) is 29.2 Å². The summed E-state index contributed by atoms with van der Waals surface area (Å²) in [7, 11) is 0. The van der Waals surface area contributed by atoms with Gasteiger partial charge in [-0.05, 0) is 44.7 Å². The van der Waals surface area contributed by atoms with E-state index in [1.807, 2.05) is 0 Å². The zero-order chi connectivity index (χ0) is 17.3. The van der Waals surface area contributed by atoms with Gasteiger partial charge >= 0.3 is 0 Å². The Morgan fingerprint density at radius 3 is 2.75 bits per heavy atom. The van der Waals surface area contributed by atoms with Gasteiger partial charge in [-0.25, -0.2) is 4.39 Å². The summed E-state index contributed by atoms with van der Waals surface area (Å²) in [6.45, 7) is 2.15. The van der Waals surface area contributed by atoms with E-state index < -0.39 is 11.7 Å². The molecule has 1 aliphatic rings. The van der Waals surface area contributed by atoms with Crippen molar-refractivity contribution in [2.45, 2.75) is 32.6 Å². The minimum atomic E-state index is -0.770. The molecule has 6 heteroatoms. The summed E-state index contributed by atoms with van der Waals surface area (Å²) >= 11 is 0. The fourth-order valence-corrected chi connectivity index (χ4v) is 3.15. The molecular formula is C18H19FN2O3. The third kappa shape index (κ3) is 2.79. The molecule has 0 aliphatic heterocycles. The van der Waals surface area contributed by atoms with Crippen molar-refractivity contribution >= 4 is 5.91 Å². The summed E-state index contributed by atoms with van der Waals surface area (Å²) in [5, 5.41) is 0. The van der Waals surface area contributed by atoms with Crippen LogP contribution in [0.1, 0.15) is 41.4 Å². The van der Waals surface area contributed by atoms with Crippen molar-refractivity contribution in [2.24, 2.45) is 5.73 Å². The number of nitrogens with zero attached hydrogens (tertiary/aromatic N) is 1. The molecule has 2 N–H and O–H groups in total. The van der Waals surface area contributed by atoms with Gasteiger partial charge in [0.05, 0.1) is 6.61 Å². The molecule has 24 heavy (non-hydrogen) atoms. The topological polar surface area (TPSA) is 74.3 Å². The third-order valence-electron chi connectivity index (χ3n) is 4.27. The van der Waals surface area contributed by atoms with Crippen LogP contribution in [0.3, 0.4) is 0 Å². The number of carbonyl (C=O) groups excluding carboxylic acids is 1. The summed E-state index contributed by atoms with van der Waals surface area (Å²) in [6.07, 6.45) is 4.57. The summed E-state index contributed by atoms with van der Waals surface area (Å²) in [5.74, 6) is -1.09. The number of aromatic nitrogens is 1. The van der Waals surface area contributed by atoms with Gasteiger partial charge in [0.15, 0.2) is 17.0 Å². The first-order valence-corrected chi connectivity index (χ1v) is 8.03. The van der Waals surface area contributed by atoms with E-state index in [0.717, 1.165) is 18.5 Å². The van der Waals surface area contributed by atoms with Gasteiger partial charge in [0.2, 0.25) is 0 Å². The second-order valence-electron chi connectivity index (χ2n) is 5.79. The van der Waals surface area contributed by atoms with E-state index >= 15 is 0 Å². The van der Waals surface area contributed by atoms with E-state index in [1.165, 1.54) is 12.3 Å². The molecule has 0 saturated carbocycles. The quantitative estimate of drug-likeness (QED) is 0.935. The van der Waals surface area contributed by atoms with Crippen LogP contribution in [-0.4, -0.2) is 17.1 Å². The first-order chi connectivity index (χ1) is 11.5. The molecule has 0 radical (unpaired) electrons. The molecule has 1 aromatic carbocycles. The van der Waals surface area contributed by atoms with Gasteiger partial charge in [0, 0.05) is 29.2 Å². The molecule has 0 bridgehead atoms. The van der Waals surface area contributed by atoms with E-state index in [0.29, 0.717) is 30.7 Å². The van der Waals surface area contributed by atoms with Crippen LogP contribution in [0.2, 0.25) is 0 Å². The first-order valence-electron chi connectivity index (χ1n) is 8.03. The molecule has 1 heterocycles. The van der Waals surface area contributed by atoms with Crippen molar-refractivity contribution in [3.8, 4) is 11.4 Å². The molecule has 2 aromatic rings. The highest BCUT2D eigenvalue weighted by molar-refractivity contribution is 5.92. The minimum Gasteiger partial charge on any atom is -0.491 e. The highest BCUT2D eigenvalue weighted by Crippen LogP contribution is 2.25. The van der Waals surface area contributed by atoms with Crippen LogP contribution < -0.4 is 15.9 Å². The number of benzene rings is 1. The molecule has 3 rings (SSSR count). The second kappa shape index (κ2) is 6.47. The van der Waals surface area contributed by atoms with Crippen molar-refractivity contribution in [2.75, 3.05) is 6.61 Å². The van der Waals surface area contributed by atoms with Crippen LogP contribution in [0.4, 0.5) is 4.39 Å². The van der Waals surface area contributed by atoms with Crippen molar-refractivity contribution in [3.05, 3.63) is 57.3 Å². The summed E-state index contributed by atoms with van der Waals surface area (Å²) in [6, 6.07) is 4.60. The average Bonchev–Trinajstić information content (AvgIpc) is 2.57. The number of fused-ring (bicyclic) bond motifs is 1. The Kier molecular flexibility index (Phi) is 4.38. The molecule has 0 saturated heterocycles.